The number of halogens is 1. The number of amides is 1. The Labute approximate surface area is 217 Å². The normalized spacial score (nSPS) is 17.7. The molecule has 188 valence electrons. The highest BCUT2D eigenvalue weighted by atomic mass is 35.5. The Bertz CT molecular complexity index is 1560. The van der Waals surface area contributed by atoms with Gasteiger partial charge in [-0.15, -0.1) is 0 Å². The zero-order valence-corrected chi connectivity index (χ0v) is 20.8. The molecule has 3 N–H and O–H groups in total. The van der Waals surface area contributed by atoms with E-state index in [2.05, 4.69) is 20.6 Å². The number of aromatic nitrogens is 3. The molecule has 7 rings (SSSR count). The predicted octanol–water partition coefficient (Wildman–Crippen LogP) is 4.58. The van der Waals surface area contributed by atoms with Crippen molar-refractivity contribution in [2.45, 2.75) is 24.4 Å². The molecular weight excluding hydrogens is 494 g/mol. The van der Waals surface area contributed by atoms with Gasteiger partial charge in [-0.05, 0) is 37.1 Å². The molecule has 1 saturated carbocycles. The number of hydrogen-bond donors (Lipinski definition) is 3. The maximum atomic E-state index is 13.3. The van der Waals surface area contributed by atoms with Crippen LogP contribution < -0.4 is 20.1 Å². The van der Waals surface area contributed by atoms with Crippen molar-refractivity contribution in [2.24, 2.45) is 0 Å². The smallest absolute Gasteiger partial charge is 0.255 e. The van der Waals surface area contributed by atoms with E-state index < -0.39 is 0 Å². The third kappa shape index (κ3) is 3.60. The van der Waals surface area contributed by atoms with Crippen LogP contribution >= 0.6 is 11.6 Å². The second kappa shape index (κ2) is 8.36. The van der Waals surface area contributed by atoms with E-state index in [-0.39, 0.29) is 17.4 Å². The summed E-state index contributed by atoms with van der Waals surface area (Å²) in [5.41, 5.74) is 5.72. The van der Waals surface area contributed by atoms with Crippen LogP contribution in [0.2, 0.25) is 5.02 Å². The fourth-order valence-corrected chi connectivity index (χ4v) is 5.38. The summed E-state index contributed by atoms with van der Waals surface area (Å²) in [7, 11) is 1.57. The van der Waals surface area contributed by atoms with E-state index in [9.17, 15) is 4.79 Å². The third-order valence-corrected chi connectivity index (χ3v) is 7.65. The molecule has 0 radical (unpaired) electrons. The molecule has 1 saturated heterocycles. The van der Waals surface area contributed by atoms with E-state index in [1.807, 2.05) is 30.3 Å². The van der Waals surface area contributed by atoms with E-state index in [1.165, 1.54) is 0 Å². The van der Waals surface area contributed by atoms with Crippen LogP contribution in [0.25, 0.3) is 22.3 Å². The lowest BCUT2D eigenvalue weighted by atomic mass is 9.93. The molecule has 0 bridgehead atoms. The number of aromatic amines is 1. The van der Waals surface area contributed by atoms with E-state index >= 15 is 0 Å². The number of rotatable bonds is 6. The van der Waals surface area contributed by atoms with Crippen molar-refractivity contribution < 1.29 is 19.0 Å². The van der Waals surface area contributed by atoms with Crippen molar-refractivity contribution in [3.63, 3.8) is 0 Å². The molecule has 4 aromatic rings. The molecule has 37 heavy (non-hydrogen) atoms. The third-order valence-electron chi connectivity index (χ3n) is 7.35. The van der Waals surface area contributed by atoms with Crippen molar-refractivity contribution in [3.05, 3.63) is 58.9 Å². The topological polar surface area (TPSA) is 110 Å². The molecule has 3 aliphatic rings. The SMILES string of the molecule is COc1c(Cl)cccc1Nc1c(-c2ccnc3ccc(OC4COC4)nc23)[nH]c2c1C(=O)NCC21CC1. The van der Waals surface area contributed by atoms with Crippen LogP contribution in [0.15, 0.2) is 42.6 Å². The van der Waals surface area contributed by atoms with Gasteiger partial charge in [0.25, 0.3) is 5.91 Å². The number of fused-ring (bicyclic) bond motifs is 3. The minimum absolute atomic E-state index is 0.00573. The Morgan fingerprint density at radius 3 is 2.81 bits per heavy atom. The summed E-state index contributed by atoms with van der Waals surface area (Å²) in [4.78, 5) is 26.2. The summed E-state index contributed by atoms with van der Waals surface area (Å²) >= 11 is 6.41. The average Bonchev–Trinajstić information content (AvgIpc) is 3.56. The lowest BCUT2D eigenvalue weighted by Crippen LogP contribution is -2.39. The second-order valence-electron chi connectivity index (χ2n) is 9.69. The molecule has 0 atom stereocenters. The highest BCUT2D eigenvalue weighted by Gasteiger charge is 2.51. The standard InChI is InChI=1S/C27H24ClN5O4/c1-35-24-16(28)3-2-4-18(24)31-23-20-25(27(8-9-27)13-30-26(20)34)33-22(23)15-7-10-29-17-5-6-19(32-21(15)17)37-14-11-36-12-14/h2-7,10,14,31,33H,8-9,11-13H2,1H3,(H,30,34). The monoisotopic (exact) mass is 517 g/mol. The average molecular weight is 518 g/mol. The highest BCUT2D eigenvalue weighted by Crippen LogP contribution is 2.54. The summed E-state index contributed by atoms with van der Waals surface area (Å²) in [6, 6.07) is 11.1. The first kappa shape index (κ1) is 22.4. The molecule has 1 spiro atoms. The van der Waals surface area contributed by atoms with Gasteiger partial charge >= 0.3 is 0 Å². The molecule has 1 aliphatic carbocycles. The number of para-hydroxylation sites is 1. The number of ether oxygens (including phenoxy) is 3. The summed E-state index contributed by atoms with van der Waals surface area (Å²) in [6.45, 7) is 1.72. The van der Waals surface area contributed by atoms with Crippen LogP contribution in [0.3, 0.4) is 0 Å². The summed E-state index contributed by atoms with van der Waals surface area (Å²) in [5, 5.41) is 7.03. The number of carbonyl (C=O) groups excluding carboxylic acids is 1. The van der Waals surface area contributed by atoms with Gasteiger partial charge in [0.1, 0.15) is 11.6 Å². The summed E-state index contributed by atoms with van der Waals surface area (Å²) in [6.07, 6.45) is 3.76. The minimum Gasteiger partial charge on any atom is -0.493 e. The van der Waals surface area contributed by atoms with Gasteiger partial charge in [-0.2, -0.15) is 0 Å². The lowest BCUT2D eigenvalue weighted by molar-refractivity contribution is -0.0812. The zero-order chi connectivity index (χ0) is 25.1. The molecule has 1 aromatic carbocycles. The summed E-state index contributed by atoms with van der Waals surface area (Å²) < 4.78 is 16.8. The second-order valence-corrected chi connectivity index (χ2v) is 10.1. The van der Waals surface area contributed by atoms with E-state index in [0.717, 1.165) is 35.3 Å². The fourth-order valence-electron chi connectivity index (χ4n) is 5.13. The van der Waals surface area contributed by atoms with Crippen molar-refractivity contribution in [2.75, 3.05) is 32.2 Å². The minimum atomic E-state index is -0.126. The molecule has 2 fully saturated rings. The lowest BCUT2D eigenvalue weighted by Gasteiger charge is -2.26. The number of nitrogens with one attached hydrogen (secondary N) is 3. The van der Waals surface area contributed by atoms with Crippen molar-refractivity contribution >= 4 is 39.9 Å². The molecule has 5 heterocycles. The molecule has 3 aromatic heterocycles. The largest absolute Gasteiger partial charge is 0.493 e. The fraction of sp³-hybridized carbons (Fsp3) is 0.296. The summed E-state index contributed by atoms with van der Waals surface area (Å²) in [5.74, 6) is 0.881. The number of nitrogens with zero attached hydrogens (tertiary/aromatic N) is 2. The quantitative estimate of drug-likeness (QED) is 0.343. The van der Waals surface area contributed by atoms with Gasteiger partial charge in [0.15, 0.2) is 5.75 Å². The molecule has 1 amide bonds. The van der Waals surface area contributed by atoms with Gasteiger partial charge in [-0.3, -0.25) is 9.78 Å². The van der Waals surface area contributed by atoms with Gasteiger partial charge in [-0.25, -0.2) is 4.98 Å². The van der Waals surface area contributed by atoms with Crippen LogP contribution in [0.4, 0.5) is 11.4 Å². The maximum Gasteiger partial charge on any atom is 0.255 e. The van der Waals surface area contributed by atoms with Crippen molar-refractivity contribution in [3.8, 4) is 22.9 Å². The van der Waals surface area contributed by atoms with Gasteiger partial charge in [0, 0.05) is 35.5 Å². The van der Waals surface area contributed by atoms with Gasteiger partial charge < -0.3 is 29.8 Å². The Morgan fingerprint density at radius 1 is 1.19 bits per heavy atom. The van der Waals surface area contributed by atoms with Crippen LogP contribution in [0, 0.1) is 0 Å². The zero-order valence-electron chi connectivity index (χ0n) is 20.1. The first-order valence-electron chi connectivity index (χ1n) is 12.2. The van der Waals surface area contributed by atoms with Crippen LogP contribution in [0.1, 0.15) is 28.9 Å². The van der Waals surface area contributed by atoms with Crippen LogP contribution in [-0.4, -0.2) is 53.8 Å². The first-order chi connectivity index (χ1) is 18.1. The van der Waals surface area contributed by atoms with Gasteiger partial charge in [-0.1, -0.05) is 17.7 Å². The van der Waals surface area contributed by atoms with Crippen molar-refractivity contribution in [1.29, 1.82) is 0 Å². The van der Waals surface area contributed by atoms with E-state index in [4.69, 9.17) is 30.8 Å². The van der Waals surface area contributed by atoms with E-state index in [1.54, 1.807) is 19.4 Å². The Kier molecular flexibility index (Phi) is 5.06. The van der Waals surface area contributed by atoms with E-state index in [0.29, 0.717) is 58.9 Å². The predicted molar refractivity (Wildman–Crippen MR) is 139 cm³/mol. The number of anilines is 2. The molecular formula is C27H24ClN5O4. The number of benzene rings is 1. The van der Waals surface area contributed by atoms with Gasteiger partial charge in [0.2, 0.25) is 5.88 Å². The van der Waals surface area contributed by atoms with Gasteiger partial charge in [0.05, 0.1) is 53.5 Å². The number of pyridine rings is 2. The molecule has 9 nitrogen and oxygen atoms in total. The Morgan fingerprint density at radius 2 is 2.05 bits per heavy atom. The molecule has 2 aliphatic heterocycles. The maximum absolute atomic E-state index is 13.3. The Hall–Kier alpha value is -3.82. The number of carbonyl (C=O) groups is 1. The van der Waals surface area contributed by atoms with Crippen LogP contribution in [-0.2, 0) is 10.2 Å². The molecule has 10 heteroatoms. The Balaban J connectivity index is 1.43. The van der Waals surface area contributed by atoms with Crippen LogP contribution in [0.5, 0.6) is 11.6 Å². The number of H-pyrrole nitrogens is 1. The first-order valence-corrected chi connectivity index (χ1v) is 12.6. The molecule has 0 unspecified atom stereocenters. The number of methoxy groups -OCH3 is 1. The number of hydrogen-bond acceptors (Lipinski definition) is 7. The highest BCUT2D eigenvalue weighted by molar-refractivity contribution is 6.32. The van der Waals surface area contributed by atoms with Crippen molar-refractivity contribution in [1.82, 2.24) is 20.3 Å².